The summed E-state index contributed by atoms with van der Waals surface area (Å²) < 4.78 is 114. The standard InChI is InChI=1S/C6H9F3O3.C6H10F2O3.C4H8O3.C4H6O2.C2H3ClF2.C2H3F3O.ClH.2K/c1-5(2-3-10)12-11-4-6(7,8)9;1-5(2-3-9)11-10-4-6(7)8;5-3-1-2-4(6)7;5-4-2-1-3-6-4;3-1-2(4)5;3-2(4,5)1-6;;;/h10H,1-4H2;6,9H,1-4H2;5H,1-3H2,(H,6,7);1-3H2;2H,1H2;6H,1H2;1H;;/q;;;;;;;2*+1/p-2. The maximum absolute atomic E-state index is 11.4. The zero-order valence-electron chi connectivity index (χ0n) is 27.1. The van der Waals surface area contributed by atoms with Crippen LogP contribution in [0.1, 0.15) is 38.5 Å². The minimum Gasteiger partial charge on any atom is -1.00 e. The third kappa shape index (κ3) is 87.1. The zero-order chi connectivity index (χ0) is 37.9. The number of hydrogen-bond donors (Lipinski definition) is 4. The summed E-state index contributed by atoms with van der Waals surface area (Å²) in [4.78, 5) is 35.7. The van der Waals surface area contributed by atoms with Gasteiger partial charge in [0.25, 0.3) is 12.9 Å². The van der Waals surface area contributed by atoms with Gasteiger partial charge >= 0.3 is 121 Å². The van der Waals surface area contributed by atoms with Crippen molar-refractivity contribution in [2.75, 3.05) is 52.1 Å². The quantitative estimate of drug-likeness (QED) is 0.0234. The largest absolute Gasteiger partial charge is 1.00 e. The van der Waals surface area contributed by atoms with Crippen LogP contribution in [0.15, 0.2) is 24.7 Å². The number of carbonyl (C=O) groups is 2. The predicted octanol–water partition coefficient (Wildman–Crippen LogP) is -5.64. The number of carboxylic acids is 1. The molecule has 1 aliphatic rings. The normalized spacial score (nSPS) is 11.1. The molecule has 50 heavy (non-hydrogen) atoms. The molecule has 0 aromatic heterocycles. The van der Waals surface area contributed by atoms with Gasteiger partial charge in [-0.2, -0.15) is 36.1 Å². The molecular weight excluding hydrogens is 819 g/mol. The molecule has 26 heteroatoms. The number of esters is 1. The second-order valence-electron chi connectivity index (χ2n) is 7.59. The van der Waals surface area contributed by atoms with E-state index in [-0.39, 0.29) is 172 Å². The first kappa shape index (κ1) is 68.9. The molecule has 0 spiro atoms. The Kier molecular flexibility index (Phi) is 66.1. The molecule has 1 rings (SSSR count). The van der Waals surface area contributed by atoms with Crippen LogP contribution in [0.5, 0.6) is 0 Å². The van der Waals surface area contributed by atoms with Crippen LogP contribution in [-0.4, -0.2) is 110 Å². The van der Waals surface area contributed by atoms with Gasteiger partial charge in [0.15, 0.2) is 13.2 Å². The minimum absolute atomic E-state index is 0. The van der Waals surface area contributed by atoms with Gasteiger partial charge in [-0.3, -0.25) is 4.79 Å². The average molecular weight is 858 g/mol. The summed E-state index contributed by atoms with van der Waals surface area (Å²) in [7, 11) is 0. The second kappa shape index (κ2) is 48.0. The molecule has 1 aliphatic heterocycles. The molecule has 0 saturated carbocycles. The number of rotatable bonds is 15. The first-order chi connectivity index (χ1) is 21.6. The van der Waals surface area contributed by atoms with Crippen LogP contribution < -0.4 is 120 Å². The number of ether oxygens (including phenoxy) is 1. The number of hydrogen-bond acceptors (Lipinski definition) is 12. The summed E-state index contributed by atoms with van der Waals surface area (Å²) >= 11 is 4.59. The number of aliphatic hydroxyl groups excluding tert-OH is 4. The maximum atomic E-state index is 11.4. The van der Waals surface area contributed by atoms with E-state index in [0.29, 0.717) is 19.4 Å². The fraction of sp³-hybridized carbons (Fsp3) is 0.750. The van der Waals surface area contributed by atoms with E-state index in [1.165, 1.54) is 0 Å². The molecule has 0 aromatic rings. The number of aliphatic carboxylic acids is 1. The van der Waals surface area contributed by atoms with Gasteiger partial charge in [-0.05, 0) is 19.3 Å². The summed E-state index contributed by atoms with van der Waals surface area (Å²) in [5.41, 5.74) is 0. The Morgan fingerprint density at radius 1 is 0.840 bits per heavy atom. The van der Waals surface area contributed by atoms with Crippen molar-refractivity contribution in [3.63, 3.8) is 0 Å². The summed E-state index contributed by atoms with van der Waals surface area (Å²) in [6.45, 7) is 2.65. The summed E-state index contributed by atoms with van der Waals surface area (Å²) in [5, 5.41) is 41.4. The predicted molar refractivity (Wildman–Crippen MR) is 139 cm³/mol. The van der Waals surface area contributed by atoms with Gasteiger partial charge in [-0.15, -0.1) is 11.6 Å². The summed E-state index contributed by atoms with van der Waals surface area (Å²) in [5.74, 6) is -1.61. The third-order valence-corrected chi connectivity index (χ3v) is 3.41. The van der Waals surface area contributed by atoms with E-state index in [1.54, 1.807) is 0 Å². The van der Waals surface area contributed by atoms with Gasteiger partial charge in [0.05, 0.1) is 25.7 Å². The van der Waals surface area contributed by atoms with Crippen LogP contribution in [-0.2, 0) is 33.9 Å². The molecule has 0 radical (unpaired) electrons. The monoisotopic (exact) mass is 856 g/mol. The first-order valence-corrected chi connectivity index (χ1v) is 13.1. The van der Waals surface area contributed by atoms with Crippen LogP contribution in [0.3, 0.4) is 0 Å². The molecule has 0 amide bonds. The molecule has 0 aromatic carbocycles. The summed E-state index contributed by atoms with van der Waals surface area (Å²) in [6, 6.07) is 0. The van der Waals surface area contributed by atoms with Crippen molar-refractivity contribution in [1.29, 1.82) is 0 Å². The van der Waals surface area contributed by atoms with Gasteiger partial charge in [0.2, 0.25) is 0 Å². The van der Waals surface area contributed by atoms with Gasteiger partial charge in [0.1, 0.15) is 18.1 Å². The number of aliphatic hydroxyl groups is 4. The Morgan fingerprint density at radius 3 is 1.46 bits per heavy atom. The van der Waals surface area contributed by atoms with E-state index in [1.807, 2.05) is 0 Å². The molecule has 0 unspecified atom stereocenters. The molecule has 0 aliphatic carbocycles. The molecular formula is C24H38Cl2F10K2O12. The van der Waals surface area contributed by atoms with Crippen molar-refractivity contribution in [1.82, 2.24) is 0 Å². The Bertz CT molecular complexity index is 768. The van der Waals surface area contributed by atoms with Gasteiger partial charge in [0, 0.05) is 31.8 Å². The van der Waals surface area contributed by atoms with E-state index in [4.69, 9.17) is 20.4 Å². The van der Waals surface area contributed by atoms with E-state index in [0.717, 1.165) is 6.42 Å². The summed E-state index contributed by atoms with van der Waals surface area (Å²) in [6.07, 6.45) is -11.7. The number of carboxylic acid groups (broad SMARTS) is 1. The molecule has 0 atom stereocenters. The van der Waals surface area contributed by atoms with Gasteiger partial charge in [-0.1, -0.05) is 13.2 Å². The molecule has 1 fully saturated rings. The third-order valence-electron chi connectivity index (χ3n) is 3.17. The maximum Gasteiger partial charge on any atom is 1.00 e. The zero-order valence-corrected chi connectivity index (χ0v) is 34.8. The Labute approximate surface area is 377 Å². The minimum atomic E-state index is -4.42. The van der Waals surface area contributed by atoms with Crippen LogP contribution in [0.2, 0.25) is 0 Å². The first-order valence-electron chi connectivity index (χ1n) is 12.6. The van der Waals surface area contributed by atoms with Crippen molar-refractivity contribution in [3.05, 3.63) is 24.7 Å². The average Bonchev–Trinajstić information content (AvgIpc) is 3.43. The number of carbonyl (C=O) groups excluding carboxylic acids is 2. The number of halogens is 12. The van der Waals surface area contributed by atoms with Gasteiger partial charge in [-0.25, -0.2) is 17.6 Å². The van der Waals surface area contributed by atoms with E-state index >= 15 is 0 Å². The molecule has 12 nitrogen and oxygen atoms in total. The van der Waals surface area contributed by atoms with Crippen molar-refractivity contribution < 1.29 is 218 Å². The van der Waals surface area contributed by atoms with E-state index in [2.05, 4.69) is 49.0 Å². The van der Waals surface area contributed by atoms with E-state index in [9.17, 15) is 58.6 Å². The van der Waals surface area contributed by atoms with Crippen molar-refractivity contribution in [2.45, 2.75) is 63.7 Å². The topological polar surface area (TPSA) is 184 Å². The van der Waals surface area contributed by atoms with Gasteiger partial charge < -0.3 is 57.2 Å². The second-order valence-corrected chi connectivity index (χ2v) is 7.89. The SMILES string of the molecule is C=C(CCO)OOCC(F)(F)F.C=C(CCO)OOCC(F)F.FC(F)CCl.O=C([O-])CCCO.O=C1CCCO1.OCC(F)(F)F.[Cl-].[K+].[K+]. The molecule has 0 bridgehead atoms. The number of cyclic esters (lactones) is 1. The van der Waals surface area contributed by atoms with Crippen molar-refractivity contribution >= 4 is 23.5 Å². The van der Waals surface area contributed by atoms with E-state index < -0.39 is 56.9 Å². The van der Waals surface area contributed by atoms with Crippen LogP contribution in [0, 0.1) is 0 Å². The smallest absolute Gasteiger partial charge is 1.00 e. The van der Waals surface area contributed by atoms with Crippen molar-refractivity contribution in [3.8, 4) is 0 Å². The molecule has 292 valence electrons. The molecule has 1 saturated heterocycles. The Hall–Kier alpha value is 0.933. The fourth-order valence-corrected chi connectivity index (χ4v) is 1.38. The van der Waals surface area contributed by atoms with Crippen LogP contribution in [0.4, 0.5) is 43.9 Å². The molecule has 1 heterocycles. The Balaban J connectivity index is -0.0000000717. The van der Waals surface area contributed by atoms with Crippen LogP contribution in [0.25, 0.3) is 0 Å². The molecule has 4 N–H and O–H groups in total. The van der Waals surface area contributed by atoms with Crippen LogP contribution >= 0.6 is 11.6 Å². The fourth-order valence-electron chi connectivity index (χ4n) is 1.38. The number of alkyl halides is 11. The Morgan fingerprint density at radius 2 is 1.26 bits per heavy atom. The van der Waals surface area contributed by atoms with Crippen molar-refractivity contribution in [2.24, 2.45) is 0 Å².